The van der Waals surface area contributed by atoms with Gasteiger partial charge in [-0.05, 0) is 49.8 Å². The topological polar surface area (TPSA) is 53.0 Å². The van der Waals surface area contributed by atoms with E-state index in [1.165, 1.54) is 6.42 Å². The molecule has 2 fully saturated rings. The molecule has 2 aliphatic rings. The predicted molar refractivity (Wildman–Crippen MR) is 109 cm³/mol. The zero-order chi connectivity index (χ0) is 18.7. The first-order chi connectivity index (χ1) is 12.3. The van der Waals surface area contributed by atoms with Gasteiger partial charge in [0, 0.05) is 32.4 Å². The molecule has 1 saturated carbocycles. The van der Waals surface area contributed by atoms with Gasteiger partial charge in [-0.15, -0.1) is 0 Å². The number of nitrogens with zero attached hydrogens (tertiary/aromatic N) is 3. The van der Waals surface area contributed by atoms with Gasteiger partial charge in [0.25, 0.3) is 0 Å². The number of sulfonamides is 1. The Morgan fingerprint density at radius 1 is 1.19 bits per heavy atom. The van der Waals surface area contributed by atoms with Crippen molar-refractivity contribution in [3.63, 3.8) is 0 Å². The van der Waals surface area contributed by atoms with Crippen LogP contribution in [0.3, 0.4) is 0 Å². The lowest BCUT2D eigenvalue weighted by atomic mass is 9.74. The van der Waals surface area contributed by atoms with E-state index in [1.54, 1.807) is 6.21 Å². The number of rotatable bonds is 6. The molecule has 3 rings (SSSR count). The second kappa shape index (κ2) is 8.46. The van der Waals surface area contributed by atoms with Gasteiger partial charge < -0.3 is 4.90 Å². The van der Waals surface area contributed by atoms with Crippen LogP contribution in [0.25, 0.3) is 0 Å². The van der Waals surface area contributed by atoms with E-state index < -0.39 is 10.0 Å². The zero-order valence-corrected chi connectivity index (χ0v) is 17.3. The largest absolute Gasteiger partial charge is 0.368 e. The van der Waals surface area contributed by atoms with Crippen molar-refractivity contribution in [3.8, 4) is 0 Å². The zero-order valence-electron chi connectivity index (χ0n) is 14.9. The molecule has 0 radical (unpaired) electrons. The molecule has 0 unspecified atom stereocenters. The first-order valence-corrected chi connectivity index (χ1v) is 11.6. The van der Waals surface area contributed by atoms with E-state index in [2.05, 4.69) is 14.2 Å². The average Bonchev–Trinajstić information content (AvgIpc) is 2.55. The van der Waals surface area contributed by atoms with E-state index in [1.807, 2.05) is 18.2 Å². The molecule has 144 valence electrons. The highest BCUT2D eigenvalue weighted by atomic mass is 35.5. The van der Waals surface area contributed by atoms with Gasteiger partial charge in [-0.1, -0.05) is 29.3 Å². The summed E-state index contributed by atoms with van der Waals surface area (Å²) >= 11 is 12.4. The number of piperazine rings is 1. The van der Waals surface area contributed by atoms with Crippen LogP contribution in [0.4, 0.5) is 5.69 Å². The molecule has 0 aromatic heterocycles. The van der Waals surface area contributed by atoms with E-state index in [0.29, 0.717) is 21.9 Å². The van der Waals surface area contributed by atoms with Gasteiger partial charge in [0.05, 0.1) is 22.0 Å². The van der Waals surface area contributed by atoms with E-state index in [4.69, 9.17) is 23.2 Å². The molecule has 1 saturated heterocycles. The normalized spacial score (nSPS) is 24.8. The van der Waals surface area contributed by atoms with Gasteiger partial charge in [0.2, 0.25) is 10.0 Å². The van der Waals surface area contributed by atoms with E-state index in [0.717, 1.165) is 57.5 Å². The molecule has 1 aliphatic carbocycles. The number of anilines is 1. The molecule has 26 heavy (non-hydrogen) atoms. The van der Waals surface area contributed by atoms with Crippen LogP contribution in [-0.4, -0.2) is 58.5 Å². The molecule has 1 aromatic rings. The summed E-state index contributed by atoms with van der Waals surface area (Å²) in [6, 6.07) is 5.78. The second-order valence-electron chi connectivity index (χ2n) is 7.28. The minimum atomic E-state index is -3.24. The Kier molecular flexibility index (Phi) is 6.49. The van der Waals surface area contributed by atoms with Gasteiger partial charge >= 0.3 is 0 Å². The first-order valence-electron chi connectivity index (χ1n) is 8.98. The monoisotopic (exact) mass is 417 g/mol. The molecule has 5 nitrogen and oxygen atoms in total. The third-order valence-corrected chi connectivity index (χ3v) is 6.55. The smallest absolute Gasteiger partial charge is 0.249 e. The Labute approximate surface area is 166 Å². The standard InChI is InChI=1S/C18H25Cl2N3O2S/c1-26(24,25)21-13-15-11-14(12-15)5-6-22-7-9-23(10-8-22)17-4-2-3-16(19)18(17)20/h2-4,13-15H,5-12H2,1H3. The Hall–Kier alpha value is -0.820. The molecular formula is C18H25Cl2N3O2S. The van der Waals surface area contributed by atoms with Crippen molar-refractivity contribution in [2.24, 2.45) is 16.2 Å². The van der Waals surface area contributed by atoms with Crippen LogP contribution in [0.5, 0.6) is 0 Å². The van der Waals surface area contributed by atoms with Crippen LogP contribution in [0.1, 0.15) is 19.3 Å². The Morgan fingerprint density at radius 3 is 2.54 bits per heavy atom. The third-order valence-electron chi connectivity index (χ3n) is 5.23. The molecule has 0 amide bonds. The summed E-state index contributed by atoms with van der Waals surface area (Å²) in [5.74, 6) is 1.02. The lowest BCUT2D eigenvalue weighted by molar-refractivity contribution is 0.186. The first kappa shape index (κ1) is 19.9. The van der Waals surface area contributed by atoms with Gasteiger partial charge in [-0.25, -0.2) is 8.42 Å². The third kappa shape index (κ3) is 5.35. The summed E-state index contributed by atoms with van der Waals surface area (Å²) < 4.78 is 25.7. The van der Waals surface area contributed by atoms with E-state index in [9.17, 15) is 8.42 Å². The van der Waals surface area contributed by atoms with E-state index >= 15 is 0 Å². The summed E-state index contributed by atoms with van der Waals surface area (Å²) in [6.45, 7) is 5.05. The van der Waals surface area contributed by atoms with Crippen LogP contribution in [0.2, 0.25) is 10.0 Å². The van der Waals surface area contributed by atoms with Crippen molar-refractivity contribution in [1.82, 2.24) is 4.90 Å². The van der Waals surface area contributed by atoms with Crippen molar-refractivity contribution in [3.05, 3.63) is 28.2 Å². The van der Waals surface area contributed by atoms with Gasteiger partial charge in [0.1, 0.15) is 0 Å². The molecule has 1 aliphatic heterocycles. The highest BCUT2D eigenvalue weighted by Gasteiger charge is 2.29. The highest BCUT2D eigenvalue weighted by Crippen LogP contribution is 2.36. The molecule has 1 aromatic carbocycles. The Balaban J connectivity index is 1.38. The minimum Gasteiger partial charge on any atom is -0.368 e. The fourth-order valence-corrected chi connectivity index (χ4v) is 4.46. The quantitative estimate of drug-likeness (QED) is 0.663. The molecule has 1 heterocycles. The van der Waals surface area contributed by atoms with Crippen molar-refractivity contribution in [2.75, 3.05) is 43.9 Å². The maximum atomic E-state index is 11.0. The fourth-order valence-electron chi connectivity index (χ4n) is 3.66. The number of halogens is 2. The molecule has 0 atom stereocenters. The minimum absolute atomic E-state index is 0.330. The molecule has 0 N–H and O–H groups in total. The van der Waals surface area contributed by atoms with Gasteiger partial charge in [-0.3, -0.25) is 4.90 Å². The lowest BCUT2D eigenvalue weighted by Crippen LogP contribution is -2.47. The molecule has 8 heteroatoms. The van der Waals surface area contributed by atoms with Crippen LogP contribution in [-0.2, 0) is 10.0 Å². The van der Waals surface area contributed by atoms with E-state index in [-0.39, 0.29) is 0 Å². The Morgan fingerprint density at radius 2 is 1.88 bits per heavy atom. The predicted octanol–water partition coefficient (Wildman–Crippen LogP) is 3.56. The second-order valence-corrected chi connectivity index (χ2v) is 9.74. The van der Waals surface area contributed by atoms with Crippen LogP contribution < -0.4 is 4.90 Å². The highest BCUT2D eigenvalue weighted by molar-refractivity contribution is 7.89. The van der Waals surface area contributed by atoms with Crippen molar-refractivity contribution < 1.29 is 8.42 Å². The molecule has 0 spiro atoms. The van der Waals surface area contributed by atoms with Crippen molar-refractivity contribution >= 4 is 45.1 Å². The van der Waals surface area contributed by atoms with Crippen molar-refractivity contribution in [1.29, 1.82) is 0 Å². The van der Waals surface area contributed by atoms with Crippen molar-refractivity contribution in [2.45, 2.75) is 19.3 Å². The fraction of sp³-hybridized carbons (Fsp3) is 0.611. The summed E-state index contributed by atoms with van der Waals surface area (Å²) in [5, 5.41) is 1.24. The SMILES string of the molecule is CS(=O)(=O)N=CC1CC(CCN2CCN(c3cccc(Cl)c3Cl)CC2)C1. The summed E-state index contributed by atoms with van der Waals surface area (Å²) in [4.78, 5) is 4.79. The van der Waals surface area contributed by atoms with Crippen LogP contribution >= 0.6 is 23.2 Å². The maximum Gasteiger partial charge on any atom is 0.249 e. The van der Waals surface area contributed by atoms with Crippen LogP contribution in [0.15, 0.2) is 22.6 Å². The van der Waals surface area contributed by atoms with Crippen LogP contribution in [0, 0.1) is 11.8 Å². The number of benzene rings is 1. The average molecular weight is 418 g/mol. The summed E-state index contributed by atoms with van der Waals surface area (Å²) in [7, 11) is -3.24. The van der Waals surface area contributed by atoms with Gasteiger partial charge in [0.15, 0.2) is 0 Å². The lowest BCUT2D eigenvalue weighted by Gasteiger charge is -2.39. The summed E-state index contributed by atoms with van der Waals surface area (Å²) in [5.41, 5.74) is 1.02. The Bertz CT molecular complexity index is 756. The molecular weight excluding hydrogens is 393 g/mol. The summed E-state index contributed by atoms with van der Waals surface area (Å²) in [6.07, 6.45) is 6.02. The number of hydrogen-bond donors (Lipinski definition) is 0. The number of hydrogen-bond acceptors (Lipinski definition) is 4. The maximum absolute atomic E-state index is 11.0. The molecule has 0 bridgehead atoms. The van der Waals surface area contributed by atoms with Gasteiger partial charge in [-0.2, -0.15) is 4.40 Å².